The summed E-state index contributed by atoms with van der Waals surface area (Å²) in [4.78, 5) is 0. The van der Waals surface area contributed by atoms with Crippen molar-refractivity contribution in [3.05, 3.63) is 0 Å². The van der Waals surface area contributed by atoms with Crippen molar-refractivity contribution >= 4 is 0 Å². The van der Waals surface area contributed by atoms with Gasteiger partial charge in [-0.1, -0.05) is 6.92 Å². The first kappa shape index (κ1) is 11.4. The maximum absolute atomic E-state index is 10.3. The van der Waals surface area contributed by atoms with Crippen molar-refractivity contribution < 1.29 is 14.6 Å². The zero-order valence-corrected chi connectivity index (χ0v) is 9.52. The molecule has 0 radical (unpaired) electrons. The van der Waals surface area contributed by atoms with Gasteiger partial charge in [-0.25, -0.2) is 0 Å². The van der Waals surface area contributed by atoms with Gasteiger partial charge in [0.2, 0.25) is 0 Å². The molecule has 15 heavy (non-hydrogen) atoms. The first-order valence-electron chi connectivity index (χ1n) is 6.20. The smallest absolute Gasteiger partial charge is 0.0626 e. The second-order valence-electron chi connectivity index (χ2n) is 4.71. The molecular formula is C12H22O3. The molecule has 0 aromatic rings. The minimum atomic E-state index is -0.179. The fourth-order valence-corrected chi connectivity index (χ4v) is 2.88. The van der Waals surface area contributed by atoms with Gasteiger partial charge in [-0.3, -0.25) is 0 Å². The van der Waals surface area contributed by atoms with E-state index in [1.54, 1.807) is 0 Å². The van der Waals surface area contributed by atoms with E-state index in [-0.39, 0.29) is 12.2 Å². The molecule has 0 amide bonds. The first-order chi connectivity index (χ1) is 7.33. The van der Waals surface area contributed by atoms with Crippen molar-refractivity contribution in [1.29, 1.82) is 0 Å². The van der Waals surface area contributed by atoms with Crippen molar-refractivity contribution in [1.82, 2.24) is 0 Å². The zero-order chi connectivity index (χ0) is 10.7. The average molecular weight is 214 g/mol. The Kier molecular flexibility index (Phi) is 4.00. The van der Waals surface area contributed by atoms with E-state index in [4.69, 9.17) is 9.47 Å². The molecule has 2 saturated heterocycles. The van der Waals surface area contributed by atoms with Crippen molar-refractivity contribution in [3.63, 3.8) is 0 Å². The van der Waals surface area contributed by atoms with Crippen LogP contribution >= 0.6 is 0 Å². The molecule has 3 atom stereocenters. The highest BCUT2D eigenvalue weighted by Gasteiger charge is 2.37. The third kappa shape index (κ3) is 2.52. The molecule has 0 aromatic carbocycles. The molecular weight excluding hydrogens is 192 g/mol. The minimum Gasteiger partial charge on any atom is -0.392 e. The van der Waals surface area contributed by atoms with Crippen LogP contribution in [0.3, 0.4) is 0 Å². The molecule has 1 N–H and O–H groups in total. The summed E-state index contributed by atoms with van der Waals surface area (Å²) < 4.78 is 11.0. The molecule has 2 fully saturated rings. The van der Waals surface area contributed by atoms with Crippen molar-refractivity contribution in [2.24, 2.45) is 11.8 Å². The molecule has 2 aliphatic rings. The lowest BCUT2D eigenvalue weighted by Gasteiger charge is -2.32. The van der Waals surface area contributed by atoms with Crippen LogP contribution in [0, 0.1) is 11.8 Å². The number of hydrogen-bond donors (Lipinski definition) is 1. The predicted octanol–water partition coefficient (Wildman–Crippen LogP) is 1.59. The van der Waals surface area contributed by atoms with E-state index in [2.05, 4.69) is 6.92 Å². The van der Waals surface area contributed by atoms with Crippen LogP contribution in [0.5, 0.6) is 0 Å². The summed E-state index contributed by atoms with van der Waals surface area (Å²) in [5.41, 5.74) is 0. The zero-order valence-electron chi connectivity index (χ0n) is 9.52. The Hall–Kier alpha value is -0.120. The van der Waals surface area contributed by atoms with E-state index >= 15 is 0 Å². The van der Waals surface area contributed by atoms with Crippen molar-refractivity contribution in [3.8, 4) is 0 Å². The lowest BCUT2D eigenvalue weighted by molar-refractivity contribution is -0.0371. The number of aliphatic hydroxyl groups is 1. The lowest BCUT2D eigenvalue weighted by Crippen LogP contribution is -2.37. The third-order valence-electron chi connectivity index (χ3n) is 3.85. The van der Waals surface area contributed by atoms with Crippen LogP contribution in [0.25, 0.3) is 0 Å². The van der Waals surface area contributed by atoms with E-state index < -0.39 is 0 Å². The third-order valence-corrected chi connectivity index (χ3v) is 3.85. The minimum absolute atomic E-state index is 0.179. The van der Waals surface area contributed by atoms with Gasteiger partial charge in [-0.05, 0) is 31.6 Å². The average Bonchev–Trinajstić information content (AvgIpc) is 2.77. The Morgan fingerprint density at radius 3 is 2.60 bits per heavy atom. The molecule has 2 heterocycles. The summed E-state index contributed by atoms with van der Waals surface area (Å²) in [6.45, 7) is 4.58. The normalized spacial score (nSPS) is 35.6. The highest BCUT2D eigenvalue weighted by molar-refractivity contribution is 4.86. The maximum atomic E-state index is 10.3. The summed E-state index contributed by atoms with van der Waals surface area (Å²) in [6, 6.07) is 0. The highest BCUT2D eigenvalue weighted by Crippen LogP contribution is 2.33. The largest absolute Gasteiger partial charge is 0.392 e. The van der Waals surface area contributed by atoms with Gasteiger partial charge < -0.3 is 14.6 Å². The Morgan fingerprint density at radius 2 is 1.93 bits per heavy atom. The van der Waals surface area contributed by atoms with E-state index in [1.165, 1.54) is 0 Å². The van der Waals surface area contributed by atoms with Gasteiger partial charge in [-0.15, -0.1) is 0 Å². The molecule has 0 aliphatic carbocycles. The van der Waals surface area contributed by atoms with Gasteiger partial charge in [0.15, 0.2) is 0 Å². The first-order valence-corrected chi connectivity index (χ1v) is 6.20. The summed E-state index contributed by atoms with van der Waals surface area (Å²) in [6.07, 6.45) is 4.16. The molecule has 3 nitrogen and oxygen atoms in total. The Balaban J connectivity index is 1.90. The second kappa shape index (κ2) is 5.28. The molecule has 2 aliphatic heterocycles. The molecule has 0 bridgehead atoms. The molecule has 2 rings (SSSR count). The summed E-state index contributed by atoms with van der Waals surface area (Å²) in [7, 11) is 0. The van der Waals surface area contributed by atoms with Gasteiger partial charge >= 0.3 is 0 Å². The molecule has 88 valence electrons. The SMILES string of the molecule is CCC1OCCC1C(O)C1CCOCC1. The van der Waals surface area contributed by atoms with Gasteiger partial charge in [0.25, 0.3) is 0 Å². The van der Waals surface area contributed by atoms with Gasteiger partial charge in [0.1, 0.15) is 0 Å². The monoisotopic (exact) mass is 214 g/mol. The van der Waals surface area contributed by atoms with Crippen LogP contribution in [-0.4, -0.2) is 37.1 Å². The lowest BCUT2D eigenvalue weighted by atomic mass is 9.82. The number of ether oxygens (including phenoxy) is 2. The van der Waals surface area contributed by atoms with E-state index in [9.17, 15) is 5.11 Å². The fraction of sp³-hybridized carbons (Fsp3) is 1.00. The van der Waals surface area contributed by atoms with E-state index in [0.29, 0.717) is 11.8 Å². The molecule has 3 unspecified atom stereocenters. The quantitative estimate of drug-likeness (QED) is 0.775. The van der Waals surface area contributed by atoms with Crippen LogP contribution < -0.4 is 0 Å². The van der Waals surface area contributed by atoms with Crippen LogP contribution in [0.4, 0.5) is 0 Å². The predicted molar refractivity (Wildman–Crippen MR) is 57.7 cm³/mol. The number of hydrogen-bond acceptors (Lipinski definition) is 3. The Labute approximate surface area is 91.8 Å². The van der Waals surface area contributed by atoms with Crippen LogP contribution in [0.2, 0.25) is 0 Å². The molecule has 0 saturated carbocycles. The van der Waals surface area contributed by atoms with Gasteiger partial charge in [0, 0.05) is 25.7 Å². The standard InChI is InChI=1S/C12H22O3/c1-2-11-10(5-8-15-11)12(13)9-3-6-14-7-4-9/h9-13H,2-8H2,1H3. The molecule has 0 aromatic heterocycles. The topological polar surface area (TPSA) is 38.7 Å². The van der Waals surface area contributed by atoms with E-state index in [1.807, 2.05) is 0 Å². The Bertz CT molecular complexity index is 189. The summed E-state index contributed by atoms with van der Waals surface area (Å²) >= 11 is 0. The molecule has 0 spiro atoms. The number of rotatable bonds is 3. The Morgan fingerprint density at radius 1 is 1.20 bits per heavy atom. The number of aliphatic hydroxyl groups excluding tert-OH is 1. The summed E-state index contributed by atoms with van der Waals surface area (Å²) in [5.74, 6) is 0.789. The highest BCUT2D eigenvalue weighted by atomic mass is 16.5. The van der Waals surface area contributed by atoms with Crippen molar-refractivity contribution in [2.45, 2.75) is 44.8 Å². The van der Waals surface area contributed by atoms with Crippen LogP contribution in [0.1, 0.15) is 32.6 Å². The second-order valence-corrected chi connectivity index (χ2v) is 4.71. The van der Waals surface area contributed by atoms with Crippen LogP contribution in [-0.2, 0) is 9.47 Å². The fourth-order valence-electron chi connectivity index (χ4n) is 2.88. The summed E-state index contributed by atoms with van der Waals surface area (Å²) in [5, 5.41) is 10.3. The van der Waals surface area contributed by atoms with Crippen molar-refractivity contribution in [2.75, 3.05) is 19.8 Å². The maximum Gasteiger partial charge on any atom is 0.0626 e. The molecule has 3 heteroatoms. The van der Waals surface area contributed by atoms with Gasteiger partial charge in [-0.2, -0.15) is 0 Å². The van der Waals surface area contributed by atoms with E-state index in [0.717, 1.165) is 45.5 Å². The van der Waals surface area contributed by atoms with Crippen LogP contribution in [0.15, 0.2) is 0 Å². The van der Waals surface area contributed by atoms with Gasteiger partial charge in [0.05, 0.1) is 12.2 Å².